The Morgan fingerprint density at radius 3 is 2.72 bits per heavy atom. The molecule has 1 N–H and O–H groups in total. The van der Waals surface area contributed by atoms with Crippen molar-refractivity contribution in [3.05, 3.63) is 65.7 Å². The molecule has 1 unspecified atom stereocenters. The number of hydrogen-bond donors (Lipinski definition) is 1. The number of benzene rings is 2. The lowest BCUT2D eigenvalue weighted by Crippen LogP contribution is -2.35. The molecule has 3 rings (SSSR count). The molecular weight excluding hydrogens is 364 g/mol. The van der Waals surface area contributed by atoms with Crippen LogP contribution < -0.4 is 14.8 Å². The van der Waals surface area contributed by atoms with Gasteiger partial charge in [-0.1, -0.05) is 36.4 Å². The van der Waals surface area contributed by atoms with E-state index >= 15 is 0 Å². The molecule has 0 spiro atoms. The van der Waals surface area contributed by atoms with Crippen molar-refractivity contribution in [2.24, 2.45) is 0 Å². The summed E-state index contributed by atoms with van der Waals surface area (Å²) in [4.78, 5) is 14.7. The Morgan fingerprint density at radius 2 is 2.00 bits per heavy atom. The maximum atomic E-state index is 12.3. The molecule has 1 fully saturated rings. The summed E-state index contributed by atoms with van der Waals surface area (Å²) in [6, 6.07) is 16.3. The Balaban J connectivity index is 1.51. The van der Waals surface area contributed by atoms with E-state index in [-0.39, 0.29) is 18.1 Å². The van der Waals surface area contributed by atoms with Crippen LogP contribution in [0, 0.1) is 0 Å². The molecule has 0 saturated carbocycles. The second-order valence-corrected chi connectivity index (χ2v) is 7.63. The number of ether oxygens (including phenoxy) is 2. The van der Waals surface area contributed by atoms with Crippen LogP contribution in [0.4, 0.5) is 0 Å². The first-order valence-corrected chi connectivity index (χ1v) is 10.1. The highest BCUT2D eigenvalue weighted by Crippen LogP contribution is 2.29. The van der Waals surface area contributed by atoms with Crippen molar-refractivity contribution in [2.75, 3.05) is 20.2 Å². The number of nitrogens with one attached hydrogen (secondary N) is 1. The molecule has 1 amide bonds. The van der Waals surface area contributed by atoms with Gasteiger partial charge in [0.25, 0.3) is 0 Å². The molecule has 0 radical (unpaired) electrons. The topological polar surface area (TPSA) is 50.8 Å². The molecule has 0 aliphatic carbocycles. The smallest absolute Gasteiger partial charge is 0.244 e. The molecule has 1 aliphatic rings. The van der Waals surface area contributed by atoms with Crippen LogP contribution >= 0.6 is 0 Å². The summed E-state index contributed by atoms with van der Waals surface area (Å²) in [6.45, 7) is 6.75. The van der Waals surface area contributed by atoms with Crippen LogP contribution in [-0.4, -0.2) is 43.2 Å². The molecule has 29 heavy (non-hydrogen) atoms. The third-order valence-electron chi connectivity index (χ3n) is 4.85. The Labute approximate surface area is 173 Å². The zero-order valence-electron chi connectivity index (χ0n) is 17.4. The fourth-order valence-corrected chi connectivity index (χ4v) is 3.50. The Bertz CT molecular complexity index is 833. The molecule has 5 heteroatoms. The molecule has 0 aromatic heterocycles. The quantitative estimate of drug-likeness (QED) is 0.690. The summed E-state index contributed by atoms with van der Waals surface area (Å²) in [5.41, 5.74) is 2.20. The fraction of sp³-hybridized carbons (Fsp3) is 0.375. The van der Waals surface area contributed by atoms with Gasteiger partial charge in [-0.2, -0.15) is 0 Å². The number of rotatable bonds is 8. The van der Waals surface area contributed by atoms with Crippen molar-refractivity contribution >= 4 is 12.0 Å². The van der Waals surface area contributed by atoms with E-state index in [0.717, 1.165) is 31.6 Å². The average Bonchev–Trinajstić information content (AvgIpc) is 3.14. The van der Waals surface area contributed by atoms with Crippen LogP contribution in [0.5, 0.6) is 11.5 Å². The molecule has 1 aliphatic heterocycles. The van der Waals surface area contributed by atoms with E-state index in [0.29, 0.717) is 11.5 Å². The van der Waals surface area contributed by atoms with Gasteiger partial charge < -0.3 is 14.8 Å². The van der Waals surface area contributed by atoms with E-state index in [9.17, 15) is 4.79 Å². The van der Waals surface area contributed by atoms with E-state index in [2.05, 4.69) is 34.5 Å². The van der Waals surface area contributed by atoms with Crippen LogP contribution in [0.15, 0.2) is 54.6 Å². The van der Waals surface area contributed by atoms with Gasteiger partial charge in [0.05, 0.1) is 13.2 Å². The van der Waals surface area contributed by atoms with Crippen LogP contribution in [-0.2, 0) is 11.3 Å². The predicted octanol–water partition coefficient (Wildman–Crippen LogP) is 3.89. The van der Waals surface area contributed by atoms with Crippen molar-refractivity contribution in [1.29, 1.82) is 0 Å². The first kappa shape index (κ1) is 20.9. The van der Waals surface area contributed by atoms with Gasteiger partial charge in [0.15, 0.2) is 11.5 Å². The van der Waals surface area contributed by atoms with Crippen molar-refractivity contribution in [1.82, 2.24) is 10.2 Å². The van der Waals surface area contributed by atoms with Gasteiger partial charge in [0.2, 0.25) is 5.91 Å². The Hall–Kier alpha value is -2.79. The number of likely N-dealkylation sites (tertiary alicyclic amines) is 1. The number of carbonyl (C=O) groups excluding carboxylic acids is 1. The van der Waals surface area contributed by atoms with Crippen LogP contribution in [0.25, 0.3) is 6.08 Å². The summed E-state index contributed by atoms with van der Waals surface area (Å²) in [5, 5.41) is 3.11. The summed E-state index contributed by atoms with van der Waals surface area (Å²) in [7, 11) is 1.62. The lowest BCUT2D eigenvalue weighted by Gasteiger charge is -2.16. The van der Waals surface area contributed by atoms with Crippen molar-refractivity contribution in [2.45, 2.75) is 39.0 Å². The Kier molecular flexibility index (Phi) is 7.30. The van der Waals surface area contributed by atoms with Crippen LogP contribution in [0.1, 0.15) is 31.4 Å². The lowest BCUT2D eigenvalue weighted by molar-refractivity contribution is -0.117. The number of amides is 1. The highest BCUT2D eigenvalue weighted by Gasteiger charge is 2.23. The lowest BCUT2D eigenvalue weighted by atomic mass is 10.2. The fourth-order valence-electron chi connectivity index (χ4n) is 3.50. The molecular formula is C24H30N2O3. The van der Waals surface area contributed by atoms with Gasteiger partial charge in [0, 0.05) is 31.8 Å². The van der Waals surface area contributed by atoms with Crippen molar-refractivity contribution < 1.29 is 14.3 Å². The maximum absolute atomic E-state index is 12.3. The standard InChI is InChI=1S/C24H30N2O3/c1-18(2)29-22-11-9-19(15-23(22)28-3)10-12-24(27)25-21-13-14-26(17-21)16-20-7-5-4-6-8-20/h4-12,15,18,21H,13-14,16-17H2,1-3H3,(H,25,27). The molecule has 1 saturated heterocycles. The van der Waals surface area contributed by atoms with Gasteiger partial charge in [0.1, 0.15) is 0 Å². The maximum Gasteiger partial charge on any atom is 0.244 e. The molecule has 2 aromatic rings. The van der Waals surface area contributed by atoms with Crippen LogP contribution in [0.2, 0.25) is 0 Å². The third kappa shape index (κ3) is 6.36. The van der Waals surface area contributed by atoms with Crippen molar-refractivity contribution in [3.63, 3.8) is 0 Å². The van der Waals surface area contributed by atoms with E-state index < -0.39 is 0 Å². The zero-order valence-corrected chi connectivity index (χ0v) is 17.4. The summed E-state index contributed by atoms with van der Waals surface area (Å²) < 4.78 is 11.1. The molecule has 1 heterocycles. The predicted molar refractivity (Wildman–Crippen MR) is 116 cm³/mol. The van der Waals surface area contributed by atoms with Gasteiger partial charge in [-0.3, -0.25) is 9.69 Å². The first-order valence-electron chi connectivity index (χ1n) is 10.1. The number of methoxy groups -OCH3 is 1. The minimum atomic E-state index is -0.0713. The van der Waals surface area contributed by atoms with Crippen molar-refractivity contribution in [3.8, 4) is 11.5 Å². The van der Waals surface area contributed by atoms with Gasteiger partial charge in [-0.25, -0.2) is 0 Å². The number of carbonyl (C=O) groups is 1. The van der Waals surface area contributed by atoms with Crippen LogP contribution in [0.3, 0.4) is 0 Å². The van der Waals surface area contributed by atoms with E-state index in [4.69, 9.17) is 9.47 Å². The second-order valence-electron chi connectivity index (χ2n) is 7.63. The van der Waals surface area contributed by atoms with Gasteiger partial charge >= 0.3 is 0 Å². The van der Waals surface area contributed by atoms with E-state index in [1.165, 1.54) is 5.56 Å². The van der Waals surface area contributed by atoms with Gasteiger partial charge in [-0.15, -0.1) is 0 Å². The molecule has 2 aromatic carbocycles. The summed E-state index contributed by atoms with van der Waals surface area (Å²) in [6.07, 6.45) is 4.43. The molecule has 0 bridgehead atoms. The largest absolute Gasteiger partial charge is 0.493 e. The van der Waals surface area contributed by atoms with Gasteiger partial charge in [-0.05, 0) is 49.6 Å². The first-order chi connectivity index (χ1) is 14.0. The minimum absolute atomic E-state index is 0.0713. The monoisotopic (exact) mass is 394 g/mol. The second kappa shape index (κ2) is 10.1. The van der Waals surface area contributed by atoms with E-state index in [1.807, 2.05) is 38.1 Å². The molecule has 5 nitrogen and oxygen atoms in total. The minimum Gasteiger partial charge on any atom is -0.493 e. The molecule has 154 valence electrons. The van der Waals surface area contributed by atoms with E-state index in [1.54, 1.807) is 19.3 Å². The Morgan fingerprint density at radius 1 is 1.21 bits per heavy atom. The summed E-state index contributed by atoms with van der Waals surface area (Å²) in [5.74, 6) is 1.29. The molecule has 1 atom stereocenters. The highest BCUT2D eigenvalue weighted by atomic mass is 16.5. The number of hydrogen-bond acceptors (Lipinski definition) is 4. The summed E-state index contributed by atoms with van der Waals surface area (Å²) >= 11 is 0. The SMILES string of the molecule is COc1cc(C=CC(=O)NC2CCN(Cc3ccccc3)C2)ccc1OC(C)C. The third-order valence-corrected chi connectivity index (χ3v) is 4.85. The average molecular weight is 395 g/mol. The normalized spacial score (nSPS) is 17.0. The number of nitrogens with zero attached hydrogens (tertiary/aromatic N) is 1. The zero-order chi connectivity index (χ0) is 20.6. The highest BCUT2D eigenvalue weighted by molar-refractivity contribution is 5.92.